The zero-order valence-corrected chi connectivity index (χ0v) is 17.4. The molecule has 0 N–H and O–H groups in total. The van der Waals surface area contributed by atoms with Gasteiger partial charge in [-0.2, -0.15) is 0 Å². The van der Waals surface area contributed by atoms with Gasteiger partial charge in [-0.25, -0.2) is 13.2 Å². The number of hydrogen-bond donors (Lipinski definition) is 0. The summed E-state index contributed by atoms with van der Waals surface area (Å²) in [5, 5.41) is 0. The molecule has 31 heavy (non-hydrogen) atoms. The molecule has 8 heteroatoms. The van der Waals surface area contributed by atoms with E-state index in [0.29, 0.717) is 16.8 Å². The molecular weight excluding hydrogens is 418 g/mol. The Hall–Kier alpha value is -3.65. The molecule has 0 aromatic heterocycles. The molecule has 0 bridgehead atoms. The van der Waals surface area contributed by atoms with Crippen LogP contribution >= 0.6 is 0 Å². The van der Waals surface area contributed by atoms with Gasteiger partial charge in [-0.1, -0.05) is 36.4 Å². The maximum Gasteiger partial charge on any atom is 0.339 e. The van der Waals surface area contributed by atoms with Crippen LogP contribution in [0, 0.1) is 0 Å². The van der Waals surface area contributed by atoms with Crippen LogP contribution in [0.4, 0.5) is 5.69 Å². The van der Waals surface area contributed by atoms with Crippen molar-refractivity contribution >= 4 is 27.6 Å². The number of esters is 2. The Morgan fingerprint density at radius 3 is 2.32 bits per heavy atom. The highest BCUT2D eigenvalue weighted by Crippen LogP contribution is 2.33. The number of fused-ring (bicyclic) bond motifs is 1. The molecule has 3 aromatic carbocycles. The number of cyclic esters (lactones) is 1. The van der Waals surface area contributed by atoms with Crippen molar-refractivity contribution in [3.05, 3.63) is 90.0 Å². The summed E-state index contributed by atoms with van der Waals surface area (Å²) in [5.74, 6) is -0.759. The van der Waals surface area contributed by atoms with Gasteiger partial charge in [-0.3, -0.25) is 9.10 Å². The Morgan fingerprint density at radius 1 is 0.968 bits per heavy atom. The van der Waals surface area contributed by atoms with Crippen LogP contribution in [0.25, 0.3) is 0 Å². The molecule has 1 atom stereocenters. The highest BCUT2D eigenvalue weighted by atomic mass is 32.2. The maximum absolute atomic E-state index is 12.7. The second kappa shape index (κ2) is 8.23. The van der Waals surface area contributed by atoms with Crippen LogP contribution in [-0.4, -0.2) is 27.4 Å². The van der Waals surface area contributed by atoms with Crippen LogP contribution < -0.4 is 9.04 Å². The van der Waals surface area contributed by atoms with Gasteiger partial charge in [0.2, 0.25) is 0 Å². The molecule has 0 saturated heterocycles. The molecule has 0 amide bonds. The Morgan fingerprint density at radius 2 is 1.61 bits per heavy atom. The summed E-state index contributed by atoms with van der Waals surface area (Å²) in [7, 11) is -2.25. The van der Waals surface area contributed by atoms with E-state index in [1.807, 2.05) is 0 Å². The quantitative estimate of drug-likeness (QED) is 0.431. The highest BCUT2D eigenvalue weighted by Gasteiger charge is 2.32. The zero-order chi connectivity index (χ0) is 22.0. The minimum Gasteiger partial charge on any atom is -0.453 e. The van der Waals surface area contributed by atoms with Gasteiger partial charge in [0.1, 0.15) is 11.9 Å². The summed E-state index contributed by atoms with van der Waals surface area (Å²) in [6.45, 7) is 0. The lowest BCUT2D eigenvalue weighted by atomic mass is 10.0. The maximum atomic E-state index is 12.7. The first-order valence-corrected chi connectivity index (χ1v) is 10.9. The Balaban J connectivity index is 1.42. The third kappa shape index (κ3) is 4.15. The van der Waals surface area contributed by atoms with Crippen LogP contribution in [0.5, 0.6) is 5.75 Å². The van der Waals surface area contributed by atoms with Crippen LogP contribution in [0.2, 0.25) is 0 Å². The van der Waals surface area contributed by atoms with Gasteiger partial charge in [0.25, 0.3) is 10.0 Å². The normalized spacial score (nSPS) is 15.1. The molecule has 3 aromatic rings. The molecule has 4 rings (SSSR count). The van der Waals surface area contributed by atoms with Crippen molar-refractivity contribution in [3.63, 3.8) is 0 Å². The number of ether oxygens (including phenoxy) is 2. The average molecular weight is 437 g/mol. The third-order valence-electron chi connectivity index (χ3n) is 4.96. The van der Waals surface area contributed by atoms with Gasteiger partial charge < -0.3 is 9.47 Å². The predicted molar refractivity (Wildman–Crippen MR) is 113 cm³/mol. The minimum atomic E-state index is -3.70. The van der Waals surface area contributed by atoms with Crippen molar-refractivity contribution in [1.82, 2.24) is 0 Å². The largest absolute Gasteiger partial charge is 0.453 e. The number of anilines is 1. The fourth-order valence-corrected chi connectivity index (χ4v) is 4.53. The van der Waals surface area contributed by atoms with E-state index < -0.39 is 28.1 Å². The molecule has 0 radical (unpaired) electrons. The number of rotatable bonds is 6. The van der Waals surface area contributed by atoms with E-state index >= 15 is 0 Å². The Bertz CT molecular complexity index is 1220. The van der Waals surface area contributed by atoms with Crippen LogP contribution in [0.3, 0.4) is 0 Å². The lowest BCUT2D eigenvalue weighted by molar-refractivity contribution is -0.136. The van der Waals surface area contributed by atoms with E-state index in [1.54, 1.807) is 54.6 Å². The van der Waals surface area contributed by atoms with Crippen molar-refractivity contribution in [2.24, 2.45) is 0 Å². The molecule has 0 unspecified atom stereocenters. The summed E-state index contributed by atoms with van der Waals surface area (Å²) < 4.78 is 37.2. The Kier molecular flexibility index (Phi) is 5.48. The molecule has 7 nitrogen and oxygen atoms in total. The van der Waals surface area contributed by atoms with E-state index in [9.17, 15) is 18.0 Å². The monoisotopic (exact) mass is 437 g/mol. The van der Waals surface area contributed by atoms with E-state index in [4.69, 9.17) is 9.47 Å². The number of sulfonamides is 1. The summed E-state index contributed by atoms with van der Waals surface area (Å²) in [6, 6.07) is 21.1. The molecular formula is C23H19NO6S. The second-order valence-electron chi connectivity index (χ2n) is 6.94. The number of nitrogens with zero attached hydrogens (tertiary/aromatic N) is 1. The fraction of sp³-hybridized carbons (Fsp3) is 0.130. The van der Waals surface area contributed by atoms with Crippen molar-refractivity contribution < 1.29 is 27.5 Å². The van der Waals surface area contributed by atoms with Crippen molar-refractivity contribution in [2.75, 3.05) is 11.4 Å². The van der Waals surface area contributed by atoms with Crippen LogP contribution in [0.15, 0.2) is 83.8 Å². The second-order valence-corrected chi connectivity index (χ2v) is 8.91. The Labute approximate surface area is 179 Å². The number of carbonyl (C=O) groups excluding carboxylic acids is 2. The molecule has 1 aliphatic rings. The summed E-state index contributed by atoms with van der Waals surface area (Å²) in [5.41, 5.74) is 1.53. The molecule has 0 spiro atoms. The molecule has 0 aliphatic carbocycles. The first-order valence-electron chi connectivity index (χ1n) is 9.51. The van der Waals surface area contributed by atoms with Crippen molar-refractivity contribution in [2.45, 2.75) is 17.4 Å². The van der Waals surface area contributed by atoms with Gasteiger partial charge in [-0.15, -0.1) is 0 Å². The smallest absolute Gasteiger partial charge is 0.339 e. The minimum absolute atomic E-state index is 0.118. The van der Waals surface area contributed by atoms with Gasteiger partial charge in [0.05, 0.1) is 22.6 Å². The topological polar surface area (TPSA) is 90.0 Å². The molecule has 0 saturated carbocycles. The van der Waals surface area contributed by atoms with Crippen molar-refractivity contribution in [3.8, 4) is 5.75 Å². The number of benzene rings is 3. The van der Waals surface area contributed by atoms with Gasteiger partial charge >= 0.3 is 11.9 Å². The SMILES string of the molecule is CN(c1ccc(OC(=O)C[C@H]2OC(=O)c3ccccc32)cc1)S(=O)(=O)c1ccccc1. The first-order chi connectivity index (χ1) is 14.9. The third-order valence-corrected chi connectivity index (χ3v) is 6.76. The van der Waals surface area contributed by atoms with E-state index in [2.05, 4.69) is 0 Å². The molecule has 0 fully saturated rings. The van der Waals surface area contributed by atoms with E-state index in [-0.39, 0.29) is 17.1 Å². The van der Waals surface area contributed by atoms with Gasteiger partial charge in [0, 0.05) is 12.6 Å². The number of hydrogen-bond acceptors (Lipinski definition) is 6. The number of carbonyl (C=O) groups is 2. The molecule has 158 valence electrons. The molecule has 1 aliphatic heterocycles. The standard InChI is InChI=1S/C23H19NO6S/c1-24(31(27,28)18-7-3-2-4-8-18)16-11-13-17(14-12-16)29-22(25)15-21-19-9-5-6-10-20(19)23(26)30-21/h2-14,21H,15H2,1H3/t21-/m1/s1. The molecule has 1 heterocycles. The van der Waals surface area contributed by atoms with Gasteiger partial charge in [0.15, 0.2) is 0 Å². The summed E-state index contributed by atoms with van der Waals surface area (Å²) in [4.78, 5) is 24.4. The van der Waals surface area contributed by atoms with E-state index in [0.717, 1.165) is 4.31 Å². The highest BCUT2D eigenvalue weighted by molar-refractivity contribution is 7.92. The lowest BCUT2D eigenvalue weighted by Crippen LogP contribution is -2.26. The van der Waals surface area contributed by atoms with Gasteiger partial charge in [-0.05, 0) is 42.5 Å². The predicted octanol–water partition coefficient (Wildman–Crippen LogP) is 3.72. The zero-order valence-electron chi connectivity index (χ0n) is 16.6. The summed E-state index contributed by atoms with van der Waals surface area (Å²) >= 11 is 0. The van der Waals surface area contributed by atoms with Crippen LogP contribution in [-0.2, 0) is 19.6 Å². The lowest BCUT2D eigenvalue weighted by Gasteiger charge is -2.19. The average Bonchev–Trinajstić information content (AvgIpc) is 3.09. The first kappa shape index (κ1) is 20.6. The summed E-state index contributed by atoms with van der Waals surface area (Å²) in [6.07, 6.45) is -0.801. The fourth-order valence-electron chi connectivity index (χ4n) is 3.31. The van der Waals surface area contributed by atoms with Crippen molar-refractivity contribution in [1.29, 1.82) is 0 Å². The van der Waals surface area contributed by atoms with Crippen LogP contribution in [0.1, 0.15) is 28.4 Å². The van der Waals surface area contributed by atoms with E-state index in [1.165, 1.54) is 31.3 Å².